The monoisotopic (exact) mass is 464 g/mol. The second-order valence-electron chi connectivity index (χ2n) is 7.75. The first-order valence-electron chi connectivity index (χ1n) is 10.4. The van der Waals surface area contributed by atoms with Gasteiger partial charge in [-0.1, -0.05) is 66.6 Å². The van der Waals surface area contributed by atoms with Gasteiger partial charge in [0.1, 0.15) is 12.2 Å². The van der Waals surface area contributed by atoms with E-state index in [9.17, 15) is 9.90 Å². The summed E-state index contributed by atoms with van der Waals surface area (Å²) in [7, 11) is 0. The summed E-state index contributed by atoms with van der Waals surface area (Å²) in [5.74, 6) is 2.66. The van der Waals surface area contributed by atoms with Crippen molar-refractivity contribution in [2.24, 2.45) is 0 Å². The van der Waals surface area contributed by atoms with Crippen molar-refractivity contribution in [3.8, 4) is 12.3 Å². The molecule has 2 heterocycles. The maximum Gasteiger partial charge on any atom is 0.251 e. The van der Waals surface area contributed by atoms with Crippen molar-refractivity contribution in [2.75, 3.05) is 6.61 Å². The lowest BCUT2D eigenvalue weighted by Crippen LogP contribution is -2.47. The predicted molar refractivity (Wildman–Crippen MR) is 125 cm³/mol. The van der Waals surface area contributed by atoms with Crippen LogP contribution in [0.25, 0.3) is 0 Å². The topological polar surface area (TPSA) is 85.7 Å². The Kier molecular flexibility index (Phi) is 7.18. The van der Waals surface area contributed by atoms with Crippen molar-refractivity contribution in [1.82, 2.24) is 9.55 Å². The molecule has 0 aliphatic carbocycles. The highest BCUT2D eigenvalue weighted by atomic mass is 32.1. The summed E-state index contributed by atoms with van der Waals surface area (Å²) in [6, 6.07) is 20.5. The fourth-order valence-electron chi connectivity index (χ4n) is 3.79. The predicted octanol–water partition coefficient (Wildman–Crippen LogP) is 2.97. The maximum atomic E-state index is 11.6. The average Bonchev–Trinajstić information content (AvgIpc) is 3.10. The summed E-state index contributed by atoms with van der Waals surface area (Å²) in [6.07, 6.45) is 4.36. The molecular weight excluding hydrogens is 440 g/mol. The second kappa shape index (κ2) is 10.3. The molecule has 4 atom stereocenters. The van der Waals surface area contributed by atoms with Crippen molar-refractivity contribution < 1.29 is 19.3 Å². The molecule has 2 aromatic carbocycles. The van der Waals surface area contributed by atoms with Gasteiger partial charge in [-0.05, 0) is 23.3 Å². The van der Waals surface area contributed by atoms with Gasteiger partial charge in [-0.3, -0.25) is 14.3 Å². The number of hydrogen-bond acceptors (Lipinski definition) is 6. The first kappa shape index (κ1) is 23.1. The molecule has 7 nitrogen and oxygen atoms in total. The van der Waals surface area contributed by atoms with Crippen LogP contribution < -0.4 is 5.56 Å². The minimum Gasteiger partial charge on any atom is -0.386 e. The standard InChI is InChI=1S/C25H24N2O5S/c1-2-25(17-30-15-18-9-5-3-6-10-18)22(31-16-19-11-7-4-8-12-19)21(29)23(32-25)27-14-13-20(28)26-24(27)33/h1,3-14,21-23,29H,15-17H2,(H,26,28,33)/t21?,22?,23-,25-/m1/s1. The summed E-state index contributed by atoms with van der Waals surface area (Å²) in [6.45, 7) is 0.526. The van der Waals surface area contributed by atoms with E-state index < -0.39 is 24.0 Å². The summed E-state index contributed by atoms with van der Waals surface area (Å²) in [4.78, 5) is 14.1. The van der Waals surface area contributed by atoms with Gasteiger partial charge in [0.2, 0.25) is 0 Å². The molecule has 3 aromatic rings. The molecule has 170 valence electrons. The molecule has 0 amide bonds. The van der Waals surface area contributed by atoms with Gasteiger partial charge in [-0.15, -0.1) is 6.42 Å². The number of aliphatic hydroxyl groups excluding tert-OH is 1. The molecule has 1 aliphatic heterocycles. The zero-order valence-electron chi connectivity index (χ0n) is 17.8. The smallest absolute Gasteiger partial charge is 0.251 e. The first-order chi connectivity index (χ1) is 16.0. The average molecular weight is 465 g/mol. The number of benzene rings is 2. The molecule has 4 rings (SSSR count). The van der Waals surface area contributed by atoms with E-state index in [4.69, 9.17) is 32.9 Å². The van der Waals surface area contributed by atoms with Gasteiger partial charge in [0.15, 0.2) is 16.6 Å². The number of aromatic nitrogens is 2. The molecule has 2 N–H and O–H groups in total. The van der Waals surface area contributed by atoms with Gasteiger partial charge in [-0.2, -0.15) is 0 Å². The lowest BCUT2D eigenvalue weighted by molar-refractivity contribution is -0.124. The Bertz CT molecular complexity index is 1220. The van der Waals surface area contributed by atoms with Crippen LogP contribution in [0.15, 0.2) is 77.7 Å². The SMILES string of the molecule is C#C[C@]1(COCc2ccccc2)O[C@@H](n2ccc(=O)[nH]c2=S)C(O)C1OCc1ccccc1. The van der Waals surface area contributed by atoms with Gasteiger partial charge in [-0.25, -0.2) is 0 Å². The van der Waals surface area contributed by atoms with Gasteiger partial charge >= 0.3 is 0 Å². The molecule has 1 saturated heterocycles. The molecule has 1 aliphatic rings. The summed E-state index contributed by atoms with van der Waals surface area (Å²) < 4.78 is 19.8. The molecule has 1 fully saturated rings. The first-order valence-corrected chi connectivity index (χ1v) is 10.9. The Hall–Kier alpha value is -3.06. The maximum absolute atomic E-state index is 11.6. The third-order valence-electron chi connectivity index (χ3n) is 5.46. The summed E-state index contributed by atoms with van der Waals surface area (Å²) in [5, 5.41) is 11.2. The highest BCUT2D eigenvalue weighted by molar-refractivity contribution is 7.71. The van der Waals surface area contributed by atoms with Crippen LogP contribution in [0.3, 0.4) is 0 Å². The normalized spacial score (nSPS) is 24.4. The Labute approximate surface area is 196 Å². The number of H-pyrrole nitrogens is 1. The third-order valence-corrected chi connectivity index (χ3v) is 5.78. The molecule has 8 heteroatoms. The zero-order chi connectivity index (χ0) is 23.3. The molecule has 1 aromatic heterocycles. The van der Waals surface area contributed by atoms with E-state index in [2.05, 4.69) is 10.9 Å². The van der Waals surface area contributed by atoms with Crippen molar-refractivity contribution in [1.29, 1.82) is 0 Å². The minimum atomic E-state index is -1.38. The minimum absolute atomic E-state index is 0.0118. The van der Waals surface area contributed by atoms with Gasteiger partial charge in [0, 0.05) is 12.3 Å². The third kappa shape index (κ3) is 5.14. The number of rotatable bonds is 8. The lowest BCUT2D eigenvalue weighted by Gasteiger charge is -2.29. The number of terminal acetylenes is 1. The van der Waals surface area contributed by atoms with Crippen LogP contribution in [-0.4, -0.2) is 39.1 Å². The van der Waals surface area contributed by atoms with E-state index in [1.165, 1.54) is 16.8 Å². The number of hydrogen-bond donors (Lipinski definition) is 2. The van der Waals surface area contributed by atoms with E-state index >= 15 is 0 Å². The Morgan fingerprint density at radius 1 is 1.09 bits per heavy atom. The number of nitrogens with one attached hydrogen (secondary N) is 1. The van der Waals surface area contributed by atoms with Crippen LogP contribution in [0.1, 0.15) is 17.4 Å². The van der Waals surface area contributed by atoms with Crippen molar-refractivity contribution >= 4 is 12.2 Å². The van der Waals surface area contributed by atoms with Crippen molar-refractivity contribution in [3.63, 3.8) is 0 Å². The fourth-order valence-corrected chi connectivity index (χ4v) is 4.05. The molecular formula is C25H24N2O5S. The van der Waals surface area contributed by atoms with E-state index in [1.807, 2.05) is 60.7 Å². The van der Waals surface area contributed by atoms with E-state index in [0.717, 1.165) is 11.1 Å². The number of aliphatic hydroxyl groups is 1. The quantitative estimate of drug-likeness (QED) is 0.394. The highest BCUT2D eigenvalue weighted by Gasteiger charge is 2.56. The van der Waals surface area contributed by atoms with E-state index in [-0.39, 0.29) is 23.5 Å². The molecule has 33 heavy (non-hydrogen) atoms. The number of aromatic amines is 1. The van der Waals surface area contributed by atoms with Gasteiger partial charge in [0.25, 0.3) is 5.56 Å². The Morgan fingerprint density at radius 3 is 2.33 bits per heavy atom. The Balaban J connectivity index is 1.60. The number of ether oxygens (including phenoxy) is 3. The zero-order valence-corrected chi connectivity index (χ0v) is 18.6. The van der Waals surface area contributed by atoms with Crippen LogP contribution in [0.2, 0.25) is 0 Å². The van der Waals surface area contributed by atoms with Crippen molar-refractivity contribution in [2.45, 2.75) is 37.3 Å². The van der Waals surface area contributed by atoms with Crippen LogP contribution in [-0.2, 0) is 27.4 Å². The molecule has 0 radical (unpaired) electrons. The summed E-state index contributed by atoms with van der Waals surface area (Å²) in [5.41, 5.74) is 0.169. The molecule has 2 unspecified atom stereocenters. The lowest BCUT2D eigenvalue weighted by atomic mass is 9.96. The Morgan fingerprint density at radius 2 is 1.73 bits per heavy atom. The van der Waals surface area contributed by atoms with Crippen LogP contribution in [0.4, 0.5) is 0 Å². The number of nitrogens with zero attached hydrogens (tertiary/aromatic N) is 1. The molecule has 0 bridgehead atoms. The van der Waals surface area contributed by atoms with Gasteiger partial charge < -0.3 is 19.3 Å². The molecule has 0 spiro atoms. The van der Waals surface area contributed by atoms with E-state index in [0.29, 0.717) is 6.61 Å². The second-order valence-corrected chi connectivity index (χ2v) is 8.13. The largest absolute Gasteiger partial charge is 0.386 e. The highest BCUT2D eigenvalue weighted by Crippen LogP contribution is 2.39. The molecule has 0 saturated carbocycles. The van der Waals surface area contributed by atoms with Crippen LogP contribution >= 0.6 is 12.2 Å². The van der Waals surface area contributed by atoms with Gasteiger partial charge in [0.05, 0.1) is 19.8 Å². The van der Waals surface area contributed by atoms with E-state index in [1.54, 1.807) is 0 Å². The summed E-state index contributed by atoms with van der Waals surface area (Å²) >= 11 is 5.26. The van der Waals surface area contributed by atoms with Crippen LogP contribution in [0.5, 0.6) is 0 Å². The van der Waals surface area contributed by atoms with Crippen LogP contribution in [0, 0.1) is 17.1 Å². The fraction of sp³-hybridized carbons (Fsp3) is 0.280. The van der Waals surface area contributed by atoms with Crippen molar-refractivity contribution in [3.05, 3.63) is 99.2 Å².